The molecule has 0 unspecified atom stereocenters. The average Bonchev–Trinajstić information content (AvgIpc) is 2.92. The Hall–Kier alpha value is -4.76. The number of carbonyl (C=O) groups is 3. The van der Waals surface area contributed by atoms with Crippen molar-refractivity contribution in [3.8, 4) is 0 Å². The topological polar surface area (TPSA) is 127 Å². The number of hydrogen-bond donors (Lipinski definition) is 3. The van der Waals surface area contributed by atoms with Gasteiger partial charge in [-0.15, -0.1) is 0 Å². The predicted octanol–water partition coefficient (Wildman–Crippen LogP) is 3.85. The van der Waals surface area contributed by atoms with Gasteiger partial charge in [0.1, 0.15) is 5.58 Å². The molecule has 4 aromatic rings. The number of rotatable bonds is 8. The molecule has 3 N–H and O–H groups in total. The second-order valence-electron chi connectivity index (χ2n) is 8.18. The molecule has 9 heteroatoms. The van der Waals surface area contributed by atoms with Crippen LogP contribution >= 0.6 is 0 Å². The first-order valence-corrected chi connectivity index (χ1v) is 11.5. The summed E-state index contributed by atoms with van der Waals surface area (Å²) in [4.78, 5) is 50.7. The smallest absolute Gasteiger partial charge is 0.337 e. The van der Waals surface area contributed by atoms with Crippen LogP contribution in [0.1, 0.15) is 36.8 Å². The van der Waals surface area contributed by atoms with E-state index in [2.05, 4.69) is 16.0 Å². The number of anilines is 2. The van der Waals surface area contributed by atoms with E-state index >= 15 is 0 Å². The first kappa shape index (κ1) is 25.3. The van der Waals surface area contributed by atoms with E-state index in [1.807, 2.05) is 19.2 Å². The number of methoxy groups -OCH3 is 1. The highest BCUT2D eigenvalue weighted by atomic mass is 16.5. The third-order valence-corrected chi connectivity index (χ3v) is 5.67. The lowest BCUT2D eigenvalue weighted by Crippen LogP contribution is -2.20. The van der Waals surface area contributed by atoms with Crippen molar-refractivity contribution in [1.82, 2.24) is 5.32 Å². The Morgan fingerprint density at radius 1 is 0.892 bits per heavy atom. The molecule has 0 bridgehead atoms. The molecule has 0 aliphatic rings. The maximum atomic E-state index is 13.1. The first-order chi connectivity index (χ1) is 17.9. The van der Waals surface area contributed by atoms with Crippen LogP contribution in [0.25, 0.3) is 11.0 Å². The fourth-order valence-corrected chi connectivity index (χ4v) is 3.71. The third kappa shape index (κ3) is 5.91. The molecular weight excluding hydrogens is 474 g/mol. The highest BCUT2D eigenvalue weighted by Crippen LogP contribution is 2.22. The molecule has 0 aliphatic heterocycles. The third-order valence-electron chi connectivity index (χ3n) is 5.67. The second kappa shape index (κ2) is 11.3. The van der Waals surface area contributed by atoms with Crippen LogP contribution in [-0.2, 0) is 11.2 Å². The van der Waals surface area contributed by atoms with Crippen LogP contribution in [0, 0.1) is 0 Å². The summed E-state index contributed by atoms with van der Waals surface area (Å²) in [5.41, 5.74) is 1.82. The molecule has 9 nitrogen and oxygen atoms in total. The van der Waals surface area contributed by atoms with Gasteiger partial charge in [-0.05, 0) is 68.0 Å². The van der Waals surface area contributed by atoms with E-state index in [0.29, 0.717) is 11.1 Å². The van der Waals surface area contributed by atoms with E-state index < -0.39 is 17.8 Å². The van der Waals surface area contributed by atoms with Gasteiger partial charge in [-0.3, -0.25) is 14.4 Å². The number of para-hydroxylation sites is 1. The summed E-state index contributed by atoms with van der Waals surface area (Å²) in [5.74, 6) is -2.14. The molecular formula is C28H25N3O6. The van der Waals surface area contributed by atoms with Crippen molar-refractivity contribution in [3.05, 3.63) is 105 Å². The molecule has 0 saturated carbocycles. The average molecular weight is 500 g/mol. The van der Waals surface area contributed by atoms with Crippen LogP contribution in [0.15, 0.2) is 82.0 Å². The predicted molar refractivity (Wildman–Crippen MR) is 140 cm³/mol. The van der Waals surface area contributed by atoms with Crippen molar-refractivity contribution < 1.29 is 23.5 Å². The van der Waals surface area contributed by atoms with Gasteiger partial charge in [0.25, 0.3) is 11.8 Å². The zero-order chi connectivity index (χ0) is 26.4. The summed E-state index contributed by atoms with van der Waals surface area (Å²) in [6.07, 6.45) is 0.848. The number of likely N-dealkylation sites (N-methyl/N-ethyl adjacent to an activating group) is 1. The molecule has 1 aromatic heterocycles. The summed E-state index contributed by atoms with van der Waals surface area (Å²) >= 11 is 0. The summed E-state index contributed by atoms with van der Waals surface area (Å²) in [5, 5.41) is 8.81. The van der Waals surface area contributed by atoms with Gasteiger partial charge in [-0.1, -0.05) is 24.3 Å². The number of carbonyl (C=O) groups excluding carboxylic acids is 3. The molecule has 0 spiro atoms. The standard InChI is InChI=1S/C28H25N3O6/c1-29-14-13-17-7-10-19(11-8-17)30-26(33)20-12-9-18(28(35)36-2)15-22(20)31-27(34)25-16-23(32)21-5-3-4-6-24(21)37-25/h3-12,15-16,29H,13-14H2,1-2H3,(H,30,33)(H,31,34). The van der Waals surface area contributed by atoms with Crippen molar-refractivity contribution in [2.24, 2.45) is 0 Å². The maximum absolute atomic E-state index is 13.1. The van der Waals surface area contributed by atoms with E-state index in [1.165, 1.54) is 25.3 Å². The number of amides is 2. The van der Waals surface area contributed by atoms with E-state index in [4.69, 9.17) is 9.15 Å². The van der Waals surface area contributed by atoms with Gasteiger partial charge in [0.05, 0.1) is 29.3 Å². The van der Waals surface area contributed by atoms with Gasteiger partial charge in [-0.2, -0.15) is 0 Å². The molecule has 0 aliphatic carbocycles. The fourth-order valence-electron chi connectivity index (χ4n) is 3.71. The number of hydrogen-bond acceptors (Lipinski definition) is 7. The summed E-state index contributed by atoms with van der Waals surface area (Å²) in [6, 6.07) is 19.2. The molecule has 4 rings (SSSR count). The lowest BCUT2D eigenvalue weighted by Gasteiger charge is -2.13. The van der Waals surface area contributed by atoms with E-state index in [-0.39, 0.29) is 33.6 Å². The van der Waals surface area contributed by atoms with Crippen LogP contribution in [-0.4, -0.2) is 38.5 Å². The van der Waals surface area contributed by atoms with Crippen molar-refractivity contribution in [1.29, 1.82) is 0 Å². The monoisotopic (exact) mass is 499 g/mol. The zero-order valence-electron chi connectivity index (χ0n) is 20.3. The largest absolute Gasteiger partial charge is 0.465 e. The highest BCUT2D eigenvalue weighted by molar-refractivity contribution is 6.13. The number of nitrogens with one attached hydrogen (secondary N) is 3. The molecule has 0 radical (unpaired) electrons. The molecule has 1 heterocycles. The summed E-state index contributed by atoms with van der Waals surface area (Å²) in [7, 11) is 3.11. The van der Waals surface area contributed by atoms with Crippen molar-refractivity contribution in [2.45, 2.75) is 6.42 Å². The van der Waals surface area contributed by atoms with Crippen molar-refractivity contribution in [3.63, 3.8) is 0 Å². The van der Waals surface area contributed by atoms with Crippen molar-refractivity contribution >= 4 is 40.1 Å². The summed E-state index contributed by atoms with van der Waals surface area (Å²) in [6.45, 7) is 0.832. The number of benzene rings is 3. The Morgan fingerprint density at radius 2 is 1.65 bits per heavy atom. The van der Waals surface area contributed by atoms with Crippen LogP contribution in [0.5, 0.6) is 0 Å². The number of fused-ring (bicyclic) bond motifs is 1. The maximum Gasteiger partial charge on any atom is 0.337 e. The zero-order valence-corrected chi connectivity index (χ0v) is 20.3. The Morgan fingerprint density at radius 3 is 2.38 bits per heavy atom. The van der Waals surface area contributed by atoms with Gasteiger partial charge in [-0.25, -0.2) is 4.79 Å². The SMILES string of the molecule is CNCCc1ccc(NC(=O)c2ccc(C(=O)OC)cc2NC(=O)c2cc(=O)c3ccccc3o2)cc1. The lowest BCUT2D eigenvalue weighted by molar-refractivity contribution is 0.0600. The van der Waals surface area contributed by atoms with E-state index in [9.17, 15) is 19.2 Å². The minimum Gasteiger partial charge on any atom is -0.465 e. The normalized spacial score (nSPS) is 10.6. The molecule has 3 aromatic carbocycles. The molecule has 2 amide bonds. The quantitative estimate of drug-likeness (QED) is 0.314. The Kier molecular flexibility index (Phi) is 7.75. The fraction of sp³-hybridized carbons (Fsp3) is 0.143. The van der Waals surface area contributed by atoms with Crippen LogP contribution in [0.3, 0.4) is 0 Å². The second-order valence-corrected chi connectivity index (χ2v) is 8.18. The Bertz CT molecular complexity index is 1530. The molecule has 0 fully saturated rings. The Balaban J connectivity index is 1.62. The van der Waals surface area contributed by atoms with Gasteiger partial charge >= 0.3 is 5.97 Å². The van der Waals surface area contributed by atoms with E-state index in [1.54, 1.807) is 36.4 Å². The minimum atomic E-state index is -0.757. The molecule has 0 atom stereocenters. The van der Waals surface area contributed by atoms with Gasteiger partial charge in [0.2, 0.25) is 0 Å². The molecule has 0 saturated heterocycles. The highest BCUT2D eigenvalue weighted by Gasteiger charge is 2.20. The number of esters is 1. The Labute approximate surface area is 212 Å². The van der Waals surface area contributed by atoms with Gasteiger partial charge in [0.15, 0.2) is 11.2 Å². The van der Waals surface area contributed by atoms with E-state index in [0.717, 1.165) is 24.6 Å². The number of ether oxygens (including phenoxy) is 1. The summed E-state index contributed by atoms with van der Waals surface area (Å²) < 4.78 is 10.4. The van der Waals surface area contributed by atoms with Crippen LogP contribution in [0.2, 0.25) is 0 Å². The van der Waals surface area contributed by atoms with Crippen molar-refractivity contribution in [2.75, 3.05) is 31.3 Å². The van der Waals surface area contributed by atoms with Crippen LogP contribution < -0.4 is 21.4 Å². The minimum absolute atomic E-state index is 0.0480. The van der Waals surface area contributed by atoms with Gasteiger partial charge in [0, 0.05) is 11.8 Å². The lowest BCUT2D eigenvalue weighted by atomic mass is 10.1. The molecule has 188 valence electrons. The molecule has 37 heavy (non-hydrogen) atoms. The van der Waals surface area contributed by atoms with Crippen LogP contribution in [0.4, 0.5) is 11.4 Å². The van der Waals surface area contributed by atoms with Gasteiger partial charge < -0.3 is 25.1 Å². The first-order valence-electron chi connectivity index (χ1n) is 11.5.